The molecule has 1 saturated heterocycles. The highest BCUT2D eigenvalue weighted by atomic mass is 79.9. The van der Waals surface area contributed by atoms with Gasteiger partial charge in [-0.15, -0.1) is 0 Å². The Balaban J connectivity index is 1.96. The summed E-state index contributed by atoms with van der Waals surface area (Å²) in [5.41, 5.74) is 1.64. The van der Waals surface area contributed by atoms with Gasteiger partial charge in [0.05, 0.1) is 11.6 Å². The van der Waals surface area contributed by atoms with Crippen molar-refractivity contribution in [1.29, 1.82) is 5.26 Å². The van der Waals surface area contributed by atoms with Crippen LogP contribution >= 0.6 is 15.9 Å². The molecular formula is C14H16BrN3O. The Morgan fingerprint density at radius 3 is 2.68 bits per heavy atom. The zero-order chi connectivity index (χ0) is 13.8. The van der Waals surface area contributed by atoms with Gasteiger partial charge in [0.2, 0.25) is 5.91 Å². The lowest BCUT2D eigenvalue weighted by Crippen LogP contribution is -2.41. The highest BCUT2D eigenvalue weighted by Gasteiger charge is 2.20. The SMILES string of the molecule is CC(=O)N1CCC(Nc2ccc(C#N)cc2Br)CC1. The second kappa shape index (κ2) is 6.07. The molecule has 0 radical (unpaired) electrons. The van der Waals surface area contributed by atoms with Gasteiger partial charge in [0.25, 0.3) is 0 Å². The van der Waals surface area contributed by atoms with E-state index >= 15 is 0 Å². The van der Waals surface area contributed by atoms with Crippen molar-refractivity contribution in [3.05, 3.63) is 28.2 Å². The monoisotopic (exact) mass is 321 g/mol. The van der Waals surface area contributed by atoms with Crippen LogP contribution in [0, 0.1) is 11.3 Å². The molecule has 1 aliphatic heterocycles. The molecule has 100 valence electrons. The first kappa shape index (κ1) is 13.9. The Bertz CT molecular complexity index is 516. The quantitative estimate of drug-likeness (QED) is 0.911. The summed E-state index contributed by atoms with van der Waals surface area (Å²) in [4.78, 5) is 13.1. The van der Waals surface area contributed by atoms with Crippen molar-refractivity contribution in [1.82, 2.24) is 4.90 Å². The van der Waals surface area contributed by atoms with Crippen LogP contribution in [0.2, 0.25) is 0 Å². The number of rotatable bonds is 2. The number of hydrogen-bond donors (Lipinski definition) is 1. The third kappa shape index (κ3) is 3.48. The van der Waals surface area contributed by atoms with E-state index < -0.39 is 0 Å². The summed E-state index contributed by atoms with van der Waals surface area (Å²) in [5.74, 6) is 0.151. The maximum absolute atomic E-state index is 11.3. The van der Waals surface area contributed by atoms with Crippen molar-refractivity contribution >= 4 is 27.5 Å². The average Bonchev–Trinajstić information content (AvgIpc) is 2.41. The minimum atomic E-state index is 0.151. The molecule has 1 heterocycles. The summed E-state index contributed by atoms with van der Waals surface area (Å²) in [7, 11) is 0. The van der Waals surface area contributed by atoms with Crippen molar-refractivity contribution in [3.63, 3.8) is 0 Å². The third-order valence-electron chi connectivity index (χ3n) is 3.40. The van der Waals surface area contributed by atoms with Crippen LogP contribution in [0.3, 0.4) is 0 Å². The Hall–Kier alpha value is -1.54. The van der Waals surface area contributed by atoms with Crippen molar-refractivity contribution in [3.8, 4) is 6.07 Å². The zero-order valence-electron chi connectivity index (χ0n) is 10.8. The first-order valence-electron chi connectivity index (χ1n) is 6.32. The summed E-state index contributed by atoms with van der Waals surface area (Å²) in [5, 5.41) is 12.3. The standard InChI is InChI=1S/C14H16BrN3O/c1-10(19)18-6-4-12(5-7-18)17-14-3-2-11(9-16)8-13(14)15/h2-3,8,12,17H,4-7H2,1H3. The third-order valence-corrected chi connectivity index (χ3v) is 4.05. The first-order valence-corrected chi connectivity index (χ1v) is 7.11. The van der Waals surface area contributed by atoms with Crippen LogP contribution in [0.25, 0.3) is 0 Å². The van der Waals surface area contributed by atoms with Gasteiger partial charge in [-0.1, -0.05) is 0 Å². The normalized spacial score (nSPS) is 15.9. The van der Waals surface area contributed by atoms with Crippen LogP contribution in [0.4, 0.5) is 5.69 Å². The molecule has 0 bridgehead atoms. The van der Waals surface area contributed by atoms with Crippen molar-refractivity contribution in [2.24, 2.45) is 0 Å². The fourth-order valence-electron chi connectivity index (χ4n) is 2.26. The average molecular weight is 322 g/mol. The van der Waals surface area contributed by atoms with Gasteiger partial charge in [0.1, 0.15) is 0 Å². The molecule has 0 atom stereocenters. The topological polar surface area (TPSA) is 56.1 Å². The van der Waals surface area contributed by atoms with Gasteiger partial charge in [-0.2, -0.15) is 5.26 Å². The molecule has 1 fully saturated rings. The van der Waals surface area contributed by atoms with Crippen molar-refractivity contribution < 1.29 is 4.79 Å². The predicted octanol–water partition coefficient (Wildman–Crippen LogP) is 2.74. The lowest BCUT2D eigenvalue weighted by atomic mass is 10.0. The highest BCUT2D eigenvalue weighted by Crippen LogP contribution is 2.26. The summed E-state index contributed by atoms with van der Waals surface area (Å²) in [6.45, 7) is 3.23. The number of hydrogen-bond acceptors (Lipinski definition) is 3. The van der Waals surface area contributed by atoms with E-state index in [2.05, 4.69) is 27.3 Å². The molecule has 5 heteroatoms. The number of nitriles is 1. The number of carbonyl (C=O) groups is 1. The van der Waals surface area contributed by atoms with Gasteiger partial charge >= 0.3 is 0 Å². The minimum Gasteiger partial charge on any atom is -0.381 e. The first-order chi connectivity index (χ1) is 9.10. The van der Waals surface area contributed by atoms with Crippen LogP contribution < -0.4 is 5.32 Å². The van der Waals surface area contributed by atoms with Crippen LogP contribution in [0.5, 0.6) is 0 Å². The van der Waals surface area contributed by atoms with Gasteiger partial charge in [-0.3, -0.25) is 4.79 Å². The summed E-state index contributed by atoms with van der Waals surface area (Å²) >= 11 is 3.47. The molecule has 1 N–H and O–H groups in total. The molecule has 0 spiro atoms. The molecule has 1 aromatic carbocycles. The highest BCUT2D eigenvalue weighted by molar-refractivity contribution is 9.10. The Morgan fingerprint density at radius 1 is 1.47 bits per heavy atom. The number of benzene rings is 1. The lowest BCUT2D eigenvalue weighted by Gasteiger charge is -2.32. The number of nitrogens with one attached hydrogen (secondary N) is 1. The maximum Gasteiger partial charge on any atom is 0.219 e. The summed E-state index contributed by atoms with van der Waals surface area (Å²) < 4.78 is 0.903. The van der Waals surface area contributed by atoms with E-state index in [1.54, 1.807) is 13.0 Å². The molecule has 2 rings (SSSR count). The van der Waals surface area contributed by atoms with Crippen molar-refractivity contribution in [2.75, 3.05) is 18.4 Å². The lowest BCUT2D eigenvalue weighted by molar-refractivity contribution is -0.129. The molecule has 1 aromatic rings. The van der Waals surface area contributed by atoms with E-state index in [1.165, 1.54) is 0 Å². The fraction of sp³-hybridized carbons (Fsp3) is 0.429. The summed E-state index contributed by atoms with van der Waals surface area (Å²) in [6.07, 6.45) is 1.90. The maximum atomic E-state index is 11.3. The number of anilines is 1. The van der Waals surface area contributed by atoms with E-state index in [1.807, 2.05) is 17.0 Å². The molecule has 0 saturated carbocycles. The van der Waals surface area contributed by atoms with E-state index in [0.29, 0.717) is 11.6 Å². The van der Waals surface area contributed by atoms with E-state index in [0.717, 1.165) is 36.1 Å². The molecule has 1 amide bonds. The number of carbonyl (C=O) groups excluding carboxylic acids is 1. The number of likely N-dealkylation sites (tertiary alicyclic amines) is 1. The van der Waals surface area contributed by atoms with Gasteiger partial charge < -0.3 is 10.2 Å². The molecule has 4 nitrogen and oxygen atoms in total. The Morgan fingerprint density at radius 2 is 2.16 bits per heavy atom. The Kier molecular flexibility index (Phi) is 4.43. The molecule has 1 aliphatic rings. The molecule has 19 heavy (non-hydrogen) atoms. The second-order valence-corrected chi connectivity index (χ2v) is 5.59. The second-order valence-electron chi connectivity index (χ2n) is 4.73. The molecular weight excluding hydrogens is 306 g/mol. The van der Waals surface area contributed by atoms with Gasteiger partial charge in [-0.05, 0) is 47.0 Å². The number of nitrogens with zero attached hydrogens (tertiary/aromatic N) is 2. The largest absolute Gasteiger partial charge is 0.381 e. The molecule has 0 aliphatic carbocycles. The van der Waals surface area contributed by atoms with E-state index in [9.17, 15) is 4.79 Å². The number of piperidine rings is 1. The van der Waals surface area contributed by atoms with Crippen LogP contribution in [0.1, 0.15) is 25.3 Å². The molecule has 0 unspecified atom stereocenters. The van der Waals surface area contributed by atoms with Crippen LogP contribution in [-0.2, 0) is 4.79 Å². The van der Waals surface area contributed by atoms with Gasteiger partial charge in [0, 0.05) is 36.2 Å². The minimum absolute atomic E-state index is 0.151. The smallest absolute Gasteiger partial charge is 0.219 e. The fourth-order valence-corrected chi connectivity index (χ4v) is 2.75. The van der Waals surface area contributed by atoms with Gasteiger partial charge in [0.15, 0.2) is 0 Å². The summed E-state index contributed by atoms with van der Waals surface area (Å²) in [6, 6.07) is 8.02. The van der Waals surface area contributed by atoms with Crippen LogP contribution in [0.15, 0.2) is 22.7 Å². The molecule has 0 aromatic heterocycles. The van der Waals surface area contributed by atoms with Crippen molar-refractivity contribution in [2.45, 2.75) is 25.8 Å². The number of amides is 1. The van der Waals surface area contributed by atoms with E-state index in [4.69, 9.17) is 5.26 Å². The van der Waals surface area contributed by atoms with Crippen LogP contribution in [-0.4, -0.2) is 29.9 Å². The van der Waals surface area contributed by atoms with Gasteiger partial charge in [-0.25, -0.2) is 0 Å². The number of halogens is 1. The Labute approximate surface area is 121 Å². The zero-order valence-corrected chi connectivity index (χ0v) is 12.4. The van der Waals surface area contributed by atoms with E-state index in [-0.39, 0.29) is 5.91 Å². The predicted molar refractivity (Wildman–Crippen MR) is 77.8 cm³/mol.